The highest BCUT2D eigenvalue weighted by atomic mass is 35.5. The average Bonchev–Trinajstić information content (AvgIpc) is 3.10. The zero-order chi connectivity index (χ0) is 21.5. The molecule has 12 heteroatoms. The first-order valence-electron chi connectivity index (χ1n) is 9.08. The molecule has 2 amide bonds. The summed E-state index contributed by atoms with van der Waals surface area (Å²) in [5.74, 6) is -0.542. The maximum atomic E-state index is 12.8. The van der Waals surface area contributed by atoms with E-state index in [-0.39, 0.29) is 42.6 Å². The number of halogens is 2. The van der Waals surface area contributed by atoms with Gasteiger partial charge in [0.2, 0.25) is 5.91 Å². The molecule has 32 heavy (non-hydrogen) atoms. The molecule has 0 unspecified atom stereocenters. The lowest BCUT2D eigenvalue weighted by molar-refractivity contribution is -0.114. The molecule has 0 aliphatic rings. The number of thiazole rings is 1. The molecule has 0 spiro atoms. The van der Waals surface area contributed by atoms with Gasteiger partial charge in [-0.05, 0) is 42.7 Å². The third-order valence-electron chi connectivity index (χ3n) is 3.95. The lowest BCUT2D eigenvalue weighted by Gasteiger charge is -2.05. The number of anilines is 2. The number of hydrogen-bond donors (Lipinski definition) is 4. The van der Waals surface area contributed by atoms with Crippen LogP contribution in [-0.4, -0.2) is 27.7 Å². The van der Waals surface area contributed by atoms with Crippen molar-refractivity contribution in [3.05, 3.63) is 64.9 Å². The maximum absolute atomic E-state index is 12.8. The fourth-order valence-electron chi connectivity index (χ4n) is 2.68. The summed E-state index contributed by atoms with van der Waals surface area (Å²) in [6.07, 6.45) is 4.36. The van der Waals surface area contributed by atoms with Crippen molar-refractivity contribution in [1.82, 2.24) is 9.97 Å². The number of rotatable bonds is 7. The Morgan fingerprint density at radius 3 is 2.38 bits per heavy atom. The average molecular weight is 496 g/mol. The van der Waals surface area contributed by atoms with Crippen LogP contribution in [0.25, 0.3) is 0 Å². The van der Waals surface area contributed by atoms with Crippen molar-refractivity contribution in [3.63, 3.8) is 0 Å². The number of hydrogen-bond acceptors (Lipinski definition) is 6. The Morgan fingerprint density at radius 2 is 1.78 bits per heavy atom. The van der Waals surface area contributed by atoms with E-state index in [1.807, 2.05) is 24.3 Å². The molecule has 0 saturated carbocycles. The number of pyridine rings is 1. The van der Waals surface area contributed by atoms with E-state index >= 15 is 0 Å². The number of carbonyl (C=O) groups excluding carboxylic acids is 2. The number of nitrogens with one attached hydrogen (secondary N) is 2. The maximum Gasteiger partial charge on any atom is 0.267 e. The Kier molecular flexibility index (Phi) is 10.6. The first kappa shape index (κ1) is 26.8. The van der Waals surface area contributed by atoms with Gasteiger partial charge in [-0.25, -0.2) is 9.98 Å². The van der Waals surface area contributed by atoms with Crippen LogP contribution in [0.3, 0.4) is 0 Å². The highest BCUT2D eigenvalue weighted by Gasteiger charge is 2.19. The molecule has 0 aliphatic heterocycles. The van der Waals surface area contributed by atoms with E-state index in [1.54, 1.807) is 24.5 Å². The molecule has 0 bridgehead atoms. The van der Waals surface area contributed by atoms with Crippen LogP contribution in [0.5, 0.6) is 0 Å². The van der Waals surface area contributed by atoms with Crippen molar-refractivity contribution >= 4 is 70.4 Å². The fourth-order valence-corrected chi connectivity index (χ4v) is 3.63. The molecule has 3 rings (SSSR count). The number of nitrogens with two attached hydrogens (primary N) is 2. The zero-order valence-corrected chi connectivity index (χ0v) is 19.5. The van der Waals surface area contributed by atoms with Crippen LogP contribution in [0, 0.1) is 0 Å². The first-order valence-corrected chi connectivity index (χ1v) is 9.89. The molecule has 3 aromatic rings. The molecule has 0 aliphatic carbocycles. The van der Waals surface area contributed by atoms with Crippen molar-refractivity contribution < 1.29 is 9.59 Å². The van der Waals surface area contributed by atoms with Crippen LogP contribution in [-0.2, 0) is 17.6 Å². The highest BCUT2D eigenvalue weighted by molar-refractivity contribution is 7.17. The zero-order valence-electron chi connectivity index (χ0n) is 17.1. The van der Waals surface area contributed by atoms with Gasteiger partial charge in [-0.15, -0.1) is 24.8 Å². The lowest BCUT2D eigenvalue weighted by atomic mass is 10.1. The van der Waals surface area contributed by atoms with Gasteiger partial charge in [-0.1, -0.05) is 23.5 Å². The largest absolute Gasteiger partial charge is 0.370 e. The van der Waals surface area contributed by atoms with Crippen molar-refractivity contribution in [2.45, 2.75) is 19.8 Å². The van der Waals surface area contributed by atoms with Gasteiger partial charge >= 0.3 is 0 Å². The van der Waals surface area contributed by atoms with Crippen molar-refractivity contribution in [1.29, 1.82) is 0 Å². The van der Waals surface area contributed by atoms with Gasteiger partial charge in [-0.3, -0.25) is 14.6 Å². The van der Waals surface area contributed by atoms with E-state index < -0.39 is 0 Å². The molecule has 9 nitrogen and oxygen atoms in total. The fraction of sp³-hybridized carbons (Fsp3) is 0.150. The molecular formula is C20H23Cl2N7O2S. The van der Waals surface area contributed by atoms with Crippen LogP contribution in [0.15, 0.2) is 53.8 Å². The molecule has 1 aromatic carbocycles. The van der Waals surface area contributed by atoms with E-state index in [4.69, 9.17) is 11.5 Å². The number of guanidine groups is 1. The molecule has 0 atom stereocenters. The summed E-state index contributed by atoms with van der Waals surface area (Å²) >= 11 is 1.14. The Hall–Kier alpha value is -3.21. The van der Waals surface area contributed by atoms with Crippen molar-refractivity contribution in [2.24, 2.45) is 16.5 Å². The number of aryl methyl sites for hydroxylation is 2. The summed E-state index contributed by atoms with van der Waals surface area (Å²) < 4.78 is 0. The molecular weight excluding hydrogens is 473 g/mol. The number of carbonyl (C=O) groups is 2. The minimum absolute atomic E-state index is 0. The highest BCUT2D eigenvalue weighted by Crippen LogP contribution is 2.26. The van der Waals surface area contributed by atoms with E-state index in [9.17, 15) is 9.59 Å². The van der Waals surface area contributed by atoms with Gasteiger partial charge in [0.25, 0.3) is 5.91 Å². The Bertz CT molecular complexity index is 1070. The third kappa shape index (κ3) is 7.80. The van der Waals surface area contributed by atoms with Gasteiger partial charge in [0, 0.05) is 13.1 Å². The van der Waals surface area contributed by atoms with Gasteiger partial charge in [-0.2, -0.15) is 0 Å². The van der Waals surface area contributed by atoms with E-state index in [1.165, 1.54) is 6.92 Å². The minimum Gasteiger partial charge on any atom is -0.370 e. The van der Waals surface area contributed by atoms with Gasteiger partial charge < -0.3 is 22.1 Å². The minimum atomic E-state index is -0.296. The summed E-state index contributed by atoms with van der Waals surface area (Å²) in [7, 11) is 0. The second-order valence-corrected chi connectivity index (χ2v) is 7.37. The molecule has 0 fully saturated rings. The summed E-state index contributed by atoms with van der Waals surface area (Å²) in [5.41, 5.74) is 13.7. The smallest absolute Gasteiger partial charge is 0.267 e. The molecule has 6 N–H and O–H groups in total. The molecule has 2 aromatic heterocycles. The third-order valence-corrected chi connectivity index (χ3v) is 4.96. The van der Waals surface area contributed by atoms with E-state index in [0.29, 0.717) is 39.9 Å². The molecule has 170 valence electrons. The predicted octanol–water partition coefficient (Wildman–Crippen LogP) is 3.28. The summed E-state index contributed by atoms with van der Waals surface area (Å²) in [6.45, 7) is 1.40. The summed E-state index contributed by atoms with van der Waals surface area (Å²) in [5, 5.41) is 5.84. The van der Waals surface area contributed by atoms with Gasteiger partial charge in [0.1, 0.15) is 4.88 Å². The van der Waals surface area contributed by atoms with Crippen molar-refractivity contribution in [3.8, 4) is 0 Å². The molecule has 0 radical (unpaired) electrons. The number of amides is 2. The molecule has 0 saturated heterocycles. The number of aromatic nitrogens is 2. The first-order chi connectivity index (χ1) is 14.4. The summed E-state index contributed by atoms with van der Waals surface area (Å²) in [4.78, 5) is 37.0. The lowest BCUT2D eigenvalue weighted by Crippen LogP contribution is -2.21. The second-order valence-electron chi connectivity index (χ2n) is 6.37. The Morgan fingerprint density at radius 1 is 1.06 bits per heavy atom. The second kappa shape index (κ2) is 12.6. The predicted molar refractivity (Wildman–Crippen MR) is 132 cm³/mol. The Balaban J connectivity index is 0.00000256. The van der Waals surface area contributed by atoms with Crippen molar-refractivity contribution in [2.75, 3.05) is 10.6 Å². The molecule has 2 heterocycles. The monoisotopic (exact) mass is 495 g/mol. The quantitative estimate of drug-likeness (QED) is 0.291. The van der Waals surface area contributed by atoms with Crippen LogP contribution in [0.4, 0.5) is 16.5 Å². The normalized spacial score (nSPS) is 9.66. The Labute approximate surface area is 201 Å². The van der Waals surface area contributed by atoms with Crippen LogP contribution in [0.2, 0.25) is 0 Å². The topological polar surface area (TPSA) is 148 Å². The van der Waals surface area contributed by atoms with Crippen LogP contribution >= 0.6 is 36.2 Å². The number of benzene rings is 1. The van der Waals surface area contributed by atoms with E-state index in [0.717, 1.165) is 16.9 Å². The van der Waals surface area contributed by atoms with Gasteiger partial charge in [0.15, 0.2) is 11.1 Å². The SMILES string of the molecule is CC(=O)Nc1nc(CCc2ccc(N=C(N)N)cc2)c(C(=O)Nc2cccnc2)s1.Cl.Cl. The summed E-state index contributed by atoms with van der Waals surface area (Å²) in [6, 6.07) is 10.9. The standard InChI is InChI=1S/C20H21N7O2S.2ClH/c1-12(28)24-20-27-16(9-6-13-4-7-14(8-5-13)26-19(21)22)17(30-20)18(29)25-15-3-2-10-23-11-15;;/h2-5,7-8,10-11H,6,9H2,1H3,(H,25,29)(H4,21,22,26)(H,24,27,28);2*1H. The number of aliphatic imine (C=N–C) groups is 1. The van der Waals surface area contributed by atoms with E-state index in [2.05, 4.69) is 25.6 Å². The van der Waals surface area contributed by atoms with Crippen LogP contribution in [0.1, 0.15) is 27.9 Å². The van der Waals surface area contributed by atoms with Gasteiger partial charge in [0.05, 0.1) is 23.3 Å². The number of nitrogens with zero attached hydrogens (tertiary/aromatic N) is 3. The van der Waals surface area contributed by atoms with Crippen LogP contribution < -0.4 is 22.1 Å².